The maximum Gasteiger partial charge on any atom is 0.253 e. The summed E-state index contributed by atoms with van der Waals surface area (Å²) in [7, 11) is 0. The second-order valence-corrected chi connectivity index (χ2v) is 5.92. The number of benzene rings is 2. The summed E-state index contributed by atoms with van der Waals surface area (Å²) in [6.07, 6.45) is 0. The molecule has 1 saturated heterocycles. The summed E-state index contributed by atoms with van der Waals surface area (Å²) in [5, 5.41) is 0. The summed E-state index contributed by atoms with van der Waals surface area (Å²) in [6, 6.07) is 18.2. The molecule has 3 heteroatoms. The molecule has 114 valence electrons. The van der Waals surface area contributed by atoms with Crippen LogP contribution in [0.15, 0.2) is 54.6 Å². The molecule has 1 fully saturated rings. The van der Waals surface area contributed by atoms with E-state index < -0.39 is 0 Å². The van der Waals surface area contributed by atoms with Crippen LogP contribution in [0.25, 0.3) is 0 Å². The highest BCUT2D eigenvalue weighted by molar-refractivity contribution is 5.94. The van der Waals surface area contributed by atoms with E-state index in [1.54, 1.807) is 0 Å². The lowest BCUT2D eigenvalue weighted by Gasteiger charge is -2.34. The molecule has 0 aliphatic carbocycles. The van der Waals surface area contributed by atoms with Gasteiger partial charge in [0.05, 0.1) is 0 Å². The monoisotopic (exact) mass is 294 g/mol. The van der Waals surface area contributed by atoms with Crippen molar-refractivity contribution >= 4 is 5.91 Å². The van der Waals surface area contributed by atoms with Gasteiger partial charge in [-0.15, -0.1) is 0 Å². The largest absolute Gasteiger partial charge is 0.336 e. The van der Waals surface area contributed by atoms with Crippen molar-refractivity contribution in [1.82, 2.24) is 9.80 Å². The number of piperazine rings is 1. The van der Waals surface area contributed by atoms with E-state index in [0.717, 1.165) is 38.3 Å². The minimum atomic E-state index is 0.149. The van der Waals surface area contributed by atoms with Crippen molar-refractivity contribution in [3.05, 3.63) is 71.3 Å². The Kier molecular flexibility index (Phi) is 4.54. The van der Waals surface area contributed by atoms with Gasteiger partial charge in [-0.25, -0.2) is 0 Å². The first-order valence-electron chi connectivity index (χ1n) is 7.84. The maximum absolute atomic E-state index is 12.4. The number of amides is 1. The van der Waals surface area contributed by atoms with E-state index >= 15 is 0 Å². The fourth-order valence-electron chi connectivity index (χ4n) is 2.94. The molecule has 0 N–H and O–H groups in total. The van der Waals surface area contributed by atoms with Crippen molar-refractivity contribution in [1.29, 1.82) is 0 Å². The molecular weight excluding hydrogens is 272 g/mol. The van der Waals surface area contributed by atoms with Crippen molar-refractivity contribution in [2.45, 2.75) is 13.5 Å². The third-order valence-corrected chi connectivity index (χ3v) is 4.17. The van der Waals surface area contributed by atoms with E-state index in [2.05, 4.69) is 36.1 Å². The topological polar surface area (TPSA) is 23.6 Å². The van der Waals surface area contributed by atoms with Gasteiger partial charge in [0, 0.05) is 38.3 Å². The Labute approximate surface area is 132 Å². The molecule has 1 heterocycles. The summed E-state index contributed by atoms with van der Waals surface area (Å²) >= 11 is 0. The molecule has 1 amide bonds. The average Bonchev–Trinajstić information content (AvgIpc) is 2.56. The van der Waals surface area contributed by atoms with Crippen LogP contribution in [-0.2, 0) is 6.54 Å². The van der Waals surface area contributed by atoms with E-state index in [0.29, 0.717) is 0 Å². The Morgan fingerprint density at radius 3 is 2.36 bits per heavy atom. The van der Waals surface area contributed by atoms with Gasteiger partial charge in [0.25, 0.3) is 5.91 Å². The molecule has 1 aliphatic heterocycles. The molecule has 0 aromatic heterocycles. The Morgan fingerprint density at radius 2 is 1.68 bits per heavy atom. The zero-order valence-electron chi connectivity index (χ0n) is 13.0. The van der Waals surface area contributed by atoms with Gasteiger partial charge in [0.2, 0.25) is 0 Å². The van der Waals surface area contributed by atoms with Crippen LogP contribution in [0.3, 0.4) is 0 Å². The van der Waals surface area contributed by atoms with Crippen LogP contribution in [-0.4, -0.2) is 41.9 Å². The molecule has 2 aromatic rings. The second-order valence-electron chi connectivity index (χ2n) is 5.92. The van der Waals surface area contributed by atoms with Crippen LogP contribution in [0.5, 0.6) is 0 Å². The van der Waals surface area contributed by atoms with Crippen LogP contribution in [0.1, 0.15) is 21.5 Å². The highest BCUT2D eigenvalue weighted by Gasteiger charge is 2.21. The molecule has 22 heavy (non-hydrogen) atoms. The Balaban J connectivity index is 1.55. The Morgan fingerprint density at radius 1 is 0.955 bits per heavy atom. The zero-order chi connectivity index (χ0) is 15.4. The van der Waals surface area contributed by atoms with E-state index in [9.17, 15) is 4.79 Å². The van der Waals surface area contributed by atoms with Gasteiger partial charge in [-0.05, 0) is 24.6 Å². The van der Waals surface area contributed by atoms with Crippen LogP contribution in [0.4, 0.5) is 0 Å². The maximum atomic E-state index is 12.4. The normalized spacial score (nSPS) is 15.8. The summed E-state index contributed by atoms with van der Waals surface area (Å²) in [4.78, 5) is 16.8. The molecule has 0 saturated carbocycles. The number of hydrogen-bond donors (Lipinski definition) is 0. The van der Waals surface area contributed by atoms with Crippen molar-refractivity contribution < 1.29 is 4.79 Å². The second kappa shape index (κ2) is 6.75. The van der Waals surface area contributed by atoms with Crippen molar-refractivity contribution in [3.63, 3.8) is 0 Å². The standard InChI is InChI=1S/C19H22N2O/c1-16-6-5-7-17(14-16)15-20-10-12-21(13-11-20)19(22)18-8-3-2-4-9-18/h2-9,14H,10-13,15H2,1H3. The van der Waals surface area contributed by atoms with Gasteiger partial charge >= 0.3 is 0 Å². The van der Waals surface area contributed by atoms with Gasteiger partial charge in [-0.3, -0.25) is 9.69 Å². The first-order valence-corrected chi connectivity index (χ1v) is 7.84. The predicted octanol–water partition coefficient (Wildman–Crippen LogP) is 2.95. The fourth-order valence-corrected chi connectivity index (χ4v) is 2.94. The zero-order valence-corrected chi connectivity index (χ0v) is 13.0. The van der Waals surface area contributed by atoms with E-state index in [-0.39, 0.29) is 5.91 Å². The minimum absolute atomic E-state index is 0.149. The summed E-state index contributed by atoms with van der Waals surface area (Å²) < 4.78 is 0. The summed E-state index contributed by atoms with van der Waals surface area (Å²) in [5.41, 5.74) is 3.44. The van der Waals surface area contributed by atoms with Crippen molar-refractivity contribution in [2.75, 3.05) is 26.2 Å². The number of rotatable bonds is 3. The van der Waals surface area contributed by atoms with Gasteiger partial charge < -0.3 is 4.90 Å². The molecule has 2 aromatic carbocycles. The first kappa shape index (κ1) is 14.8. The molecule has 0 spiro atoms. The van der Waals surface area contributed by atoms with Gasteiger partial charge in [0.1, 0.15) is 0 Å². The molecule has 0 bridgehead atoms. The highest BCUT2D eigenvalue weighted by Crippen LogP contribution is 2.12. The van der Waals surface area contributed by atoms with E-state index in [1.807, 2.05) is 35.2 Å². The quantitative estimate of drug-likeness (QED) is 0.869. The van der Waals surface area contributed by atoms with Crippen LogP contribution in [0, 0.1) is 6.92 Å². The number of carbonyl (C=O) groups is 1. The van der Waals surface area contributed by atoms with Crippen LogP contribution < -0.4 is 0 Å². The lowest BCUT2D eigenvalue weighted by Crippen LogP contribution is -2.48. The first-order chi connectivity index (χ1) is 10.7. The summed E-state index contributed by atoms with van der Waals surface area (Å²) in [6.45, 7) is 6.58. The summed E-state index contributed by atoms with van der Waals surface area (Å²) in [5.74, 6) is 0.149. The molecule has 0 radical (unpaired) electrons. The molecular formula is C19H22N2O. The predicted molar refractivity (Wildman–Crippen MR) is 88.8 cm³/mol. The van der Waals surface area contributed by atoms with Crippen LogP contribution in [0.2, 0.25) is 0 Å². The Hall–Kier alpha value is -2.13. The van der Waals surface area contributed by atoms with Gasteiger partial charge in [-0.2, -0.15) is 0 Å². The third kappa shape index (κ3) is 3.55. The number of carbonyl (C=O) groups excluding carboxylic acids is 1. The SMILES string of the molecule is Cc1cccc(CN2CCN(C(=O)c3ccccc3)CC2)c1. The smallest absolute Gasteiger partial charge is 0.253 e. The minimum Gasteiger partial charge on any atom is -0.336 e. The lowest BCUT2D eigenvalue weighted by molar-refractivity contribution is 0.0628. The third-order valence-electron chi connectivity index (χ3n) is 4.17. The Bertz CT molecular complexity index is 631. The van der Waals surface area contributed by atoms with E-state index in [1.165, 1.54) is 11.1 Å². The molecule has 0 unspecified atom stereocenters. The fraction of sp³-hybridized carbons (Fsp3) is 0.316. The van der Waals surface area contributed by atoms with Gasteiger partial charge in [0.15, 0.2) is 0 Å². The lowest BCUT2D eigenvalue weighted by atomic mass is 10.1. The molecule has 1 aliphatic rings. The molecule has 0 atom stereocenters. The van der Waals surface area contributed by atoms with E-state index in [4.69, 9.17) is 0 Å². The van der Waals surface area contributed by atoms with Crippen LogP contribution >= 0.6 is 0 Å². The number of hydrogen-bond acceptors (Lipinski definition) is 2. The van der Waals surface area contributed by atoms with Crippen molar-refractivity contribution in [3.8, 4) is 0 Å². The average molecular weight is 294 g/mol. The molecule has 3 nitrogen and oxygen atoms in total. The number of aryl methyl sites for hydroxylation is 1. The number of nitrogens with zero attached hydrogens (tertiary/aromatic N) is 2. The highest BCUT2D eigenvalue weighted by atomic mass is 16.2. The molecule has 3 rings (SSSR count). The van der Waals surface area contributed by atoms with Crippen molar-refractivity contribution in [2.24, 2.45) is 0 Å². The van der Waals surface area contributed by atoms with Gasteiger partial charge in [-0.1, -0.05) is 48.0 Å².